The summed E-state index contributed by atoms with van der Waals surface area (Å²) in [4.78, 5) is 18.0. The molecule has 0 N–H and O–H groups in total. The van der Waals surface area contributed by atoms with Gasteiger partial charge in [-0.05, 0) is 50.9 Å². The van der Waals surface area contributed by atoms with Crippen LogP contribution < -0.4 is 4.90 Å². The maximum absolute atomic E-state index is 6.33. The van der Waals surface area contributed by atoms with Gasteiger partial charge in [0.1, 0.15) is 0 Å². The molecule has 0 radical (unpaired) electrons. The molecule has 26 heavy (non-hydrogen) atoms. The maximum Gasteiger partial charge on any atom is 0.225 e. The Morgan fingerprint density at radius 1 is 1.19 bits per heavy atom. The molecule has 2 fully saturated rings. The Morgan fingerprint density at radius 3 is 2.65 bits per heavy atom. The lowest BCUT2D eigenvalue weighted by Gasteiger charge is -2.39. The summed E-state index contributed by atoms with van der Waals surface area (Å²) in [6.07, 6.45) is 8.82. The van der Waals surface area contributed by atoms with Crippen molar-refractivity contribution in [3.05, 3.63) is 48.0 Å². The Hall–Kier alpha value is -2.05. The summed E-state index contributed by atoms with van der Waals surface area (Å²) in [5.74, 6) is 0.840. The first-order valence-corrected chi connectivity index (χ1v) is 9.41. The van der Waals surface area contributed by atoms with Gasteiger partial charge in [-0.3, -0.25) is 9.88 Å². The fourth-order valence-electron chi connectivity index (χ4n) is 3.99. The van der Waals surface area contributed by atoms with E-state index in [-0.39, 0.29) is 5.60 Å². The van der Waals surface area contributed by atoms with Crippen LogP contribution in [0.4, 0.5) is 5.95 Å². The fraction of sp³-hybridized carbons (Fsp3) is 0.550. The quantitative estimate of drug-likeness (QED) is 0.842. The third kappa shape index (κ3) is 3.71. The van der Waals surface area contributed by atoms with Crippen LogP contribution in [0, 0.1) is 6.92 Å². The van der Waals surface area contributed by atoms with Crippen molar-refractivity contribution in [3.8, 4) is 0 Å². The van der Waals surface area contributed by atoms with Gasteiger partial charge in [0, 0.05) is 44.3 Å². The van der Waals surface area contributed by atoms with Crippen molar-refractivity contribution in [2.75, 3.05) is 31.6 Å². The topological polar surface area (TPSA) is 54.4 Å². The van der Waals surface area contributed by atoms with Gasteiger partial charge in [-0.15, -0.1) is 0 Å². The van der Waals surface area contributed by atoms with Gasteiger partial charge in [0.2, 0.25) is 5.95 Å². The molecule has 0 aromatic carbocycles. The van der Waals surface area contributed by atoms with E-state index >= 15 is 0 Å². The molecule has 2 aromatic rings. The number of likely N-dealkylation sites (N-methyl/N-ethyl adjacent to an activating group) is 1. The van der Waals surface area contributed by atoms with Gasteiger partial charge >= 0.3 is 0 Å². The molecular weight excluding hydrogens is 326 g/mol. The van der Waals surface area contributed by atoms with Crippen LogP contribution in [0.3, 0.4) is 0 Å². The van der Waals surface area contributed by atoms with Crippen LogP contribution >= 0.6 is 0 Å². The van der Waals surface area contributed by atoms with E-state index in [1.807, 2.05) is 37.6 Å². The molecule has 6 heteroatoms. The molecule has 2 aromatic heterocycles. The van der Waals surface area contributed by atoms with Gasteiger partial charge in [0.15, 0.2) is 0 Å². The molecule has 2 aliphatic heterocycles. The number of ether oxygens (including phenoxy) is 1. The van der Waals surface area contributed by atoms with Crippen LogP contribution in [0.1, 0.15) is 30.5 Å². The average Bonchev–Trinajstić information content (AvgIpc) is 3.08. The van der Waals surface area contributed by atoms with Gasteiger partial charge in [0.05, 0.1) is 17.9 Å². The summed E-state index contributed by atoms with van der Waals surface area (Å²) in [6.45, 7) is 5.61. The highest BCUT2D eigenvalue weighted by Gasteiger charge is 2.44. The molecule has 6 nitrogen and oxygen atoms in total. The van der Waals surface area contributed by atoms with Gasteiger partial charge < -0.3 is 9.64 Å². The van der Waals surface area contributed by atoms with E-state index in [2.05, 4.69) is 37.9 Å². The third-order valence-corrected chi connectivity index (χ3v) is 5.68. The molecule has 0 amide bonds. The van der Waals surface area contributed by atoms with Gasteiger partial charge in [0.25, 0.3) is 0 Å². The summed E-state index contributed by atoms with van der Waals surface area (Å²) in [6, 6.07) is 6.55. The number of piperidine rings is 1. The van der Waals surface area contributed by atoms with Gasteiger partial charge in [-0.25, -0.2) is 9.97 Å². The summed E-state index contributed by atoms with van der Waals surface area (Å²) < 4.78 is 6.33. The number of pyridine rings is 1. The van der Waals surface area contributed by atoms with Crippen molar-refractivity contribution in [2.45, 2.75) is 44.4 Å². The summed E-state index contributed by atoms with van der Waals surface area (Å²) in [5.41, 5.74) is 2.23. The minimum Gasteiger partial charge on any atom is -0.373 e. The largest absolute Gasteiger partial charge is 0.373 e. The number of nitrogens with zero attached hydrogens (tertiary/aromatic N) is 5. The Labute approximate surface area is 155 Å². The van der Waals surface area contributed by atoms with E-state index in [1.54, 1.807) is 0 Å². The second-order valence-corrected chi connectivity index (χ2v) is 7.64. The smallest absolute Gasteiger partial charge is 0.225 e. The fourth-order valence-corrected chi connectivity index (χ4v) is 3.99. The maximum atomic E-state index is 6.33. The minimum absolute atomic E-state index is 0.0181. The van der Waals surface area contributed by atoms with Crippen LogP contribution in [0.5, 0.6) is 0 Å². The lowest BCUT2D eigenvalue weighted by molar-refractivity contribution is -0.0159. The number of hydrogen-bond donors (Lipinski definition) is 0. The molecule has 0 aliphatic carbocycles. The highest BCUT2D eigenvalue weighted by atomic mass is 16.5. The van der Waals surface area contributed by atoms with E-state index in [9.17, 15) is 0 Å². The molecule has 4 rings (SSSR count). The molecule has 0 unspecified atom stereocenters. The zero-order valence-corrected chi connectivity index (χ0v) is 15.6. The van der Waals surface area contributed by atoms with E-state index in [0.29, 0.717) is 6.04 Å². The number of aromatic nitrogens is 3. The number of aryl methyl sites for hydroxylation is 1. The molecule has 0 saturated carbocycles. The van der Waals surface area contributed by atoms with E-state index in [4.69, 9.17) is 4.74 Å². The zero-order chi connectivity index (χ0) is 18.0. The molecule has 1 atom stereocenters. The van der Waals surface area contributed by atoms with Crippen LogP contribution in [0.15, 0.2) is 36.8 Å². The number of anilines is 1. The van der Waals surface area contributed by atoms with Crippen LogP contribution in [-0.4, -0.2) is 58.2 Å². The normalized spacial score (nSPS) is 22.3. The third-order valence-electron chi connectivity index (χ3n) is 5.68. The van der Waals surface area contributed by atoms with Gasteiger partial charge in [-0.1, -0.05) is 6.07 Å². The summed E-state index contributed by atoms with van der Waals surface area (Å²) in [7, 11) is 2.18. The molecule has 1 spiro atoms. The molecule has 138 valence electrons. The second kappa shape index (κ2) is 7.29. The van der Waals surface area contributed by atoms with Crippen molar-refractivity contribution in [1.29, 1.82) is 0 Å². The average molecular weight is 353 g/mol. The van der Waals surface area contributed by atoms with E-state index in [1.165, 1.54) is 0 Å². The Kier molecular flexibility index (Phi) is 4.87. The van der Waals surface area contributed by atoms with Crippen LogP contribution in [0.25, 0.3) is 0 Å². The molecule has 2 aliphatic rings. The predicted octanol–water partition coefficient (Wildman–Crippen LogP) is 2.44. The van der Waals surface area contributed by atoms with Crippen molar-refractivity contribution < 1.29 is 4.74 Å². The zero-order valence-electron chi connectivity index (χ0n) is 15.6. The highest BCUT2D eigenvalue weighted by Crippen LogP contribution is 2.38. The first kappa shape index (κ1) is 17.4. The second-order valence-electron chi connectivity index (χ2n) is 7.64. The molecule has 0 bridgehead atoms. The lowest BCUT2D eigenvalue weighted by Crippen LogP contribution is -2.45. The standard InChI is InChI=1S/C20H27N5O/c1-16-12-22-19(23-13-16)25-9-6-20(7-10-25)11-18(15-26-20)24(2)14-17-5-3-4-8-21-17/h3-5,8,12-13,18H,6-7,9-11,14-15H2,1-2H3/t18-/m1/s1. The van der Waals surface area contributed by atoms with E-state index < -0.39 is 0 Å². The van der Waals surface area contributed by atoms with Crippen molar-refractivity contribution in [3.63, 3.8) is 0 Å². The molecule has 2 saturated heterocycles. The first-order valence-electron chi connectivity index (χ1n) is 9.41. The Morgan fingerprint density at radius 2 is 1.96 bits per heavy atom. The Balaban J connectivity index is 1.33. The first-order chi connectivity index (χ1) is 12.6. The predicted molar refractivity (Wildman–Crippen MR) is 101 cm³/mol. The monoisotopic (exact) mass is 353 g/mol. The van der Waals surface area contributed by atoms with E-state index in [0.717, 1.165) is 62.7 Å². The summed E-state index contributed by atoms with van der Waals surface area (Å²) >= 11 is 0. The van der Waals surface area contributed by atoms with Crippen molar-refractivity contribution in [2.24, 2.45) is 0 Å². The van der Waals surface area contributed by atoms with Crippen molar-refractivity contribution >= 4 is 5.95 Å². The number of hydrogen-bond acceptors (Lipinski definition) is 6. The highest BCUT2D eigenvalue weighted by molar-refractivity contribution is 5.31. The SMILES string of the molecule is Cc1cnc(N2CCC3(CC2)C[C@@H](N(C)Cc2ccccn2)CO3)nc1. The molecular formula is C20H27N5O. The van der Waals surface area contributed by atoms with Gasteiger partial charge in [-0.2, -0.15) is 0 Å². The lowest BCUT2D eigenvalue weighted by atomic mass is 9.87. The van der Waals surface area contributed by atoms with Crippen LogP contribution in [-0.2, 0) is 11.3 Å². The summed E-state index contributed by atoms with van der Waals surface area (Å²) in [5, 5.41) is 0. The Bertz CT molecular complexity index is 713. The van der Waals surface area contributed by atoms with Crippen molar-refractivity contribution in [1.82, 2.24) is 19.9 Å². The number of rotatable bonds is 4. The molecule has 4 heterocycles. The van der Waals surface area contributed by atoms with Crippen LogP contribution in [0.2, 0.25) is 0 Å². The minimum atomic E-state index is 0.0181.